The van der Waals surface area contributed by atoms with E-state index < -0.39 is 41.3 Å². The summed E-state index contributed by atoms with van der Waals surface area (Å²) in [5.41, 5.74) is 2.15. The molecule has 2 aromatic heterocycles. The molecule has 0 spiro atoms. The molecule has 0 bridgehead atoms. The second-order valence-corrected chi connectivity index (χ2v) is 10.2. The number of aromatic nitrogens is 2. The molecule has 2 atom stereocenters. The van der Waals surface area contributed by atoms with Crippen LogP contribution in [0.3, 0.4) is 0 Å². The first-order valence-electron chi connectivity index (χ1n) is 12.9. The van der Waals surface area contributed by atoms with E-state index in [0.29, 0.717) is 22.2 Å². The van der Waals surface area contributed by atoms with Crippen LogP contribution in [0, 0.1) is 5.82 Å². The standard InChI is InChI=1S/C29H27F4N5O4/c1-27(34)14-36-25-20(27)13-22(38-24(25)16-4-6-19(30)7-5-16)28(41,29(31,32)33)15-37-26(40)18-11-17-3-2-8-35-23(17)21(12-18)42-10-9-39/h2-8,11-13,36,39,41H,9-10,14-15,34H2,1H3,(H,37,40)/t27-,28-/m1/s1. The summed E-state index contributed by atoms with van der Waals surface area (Å²) in [7, 11) is 0. The minimum atomic E-state index is -5.28. The first-order valence-corrected chi connectivity index (χ1v) is 12.9. The fraction of sp³-hybridized carbons (Fsp3) is 0.276. The number of ether oxygens (including phenoxy) is 1. The molecule has 1 aliphatic heterocycles. The molecule has 42 heavy (non-hydrogen) atoms. The van der Waals surface area contributed by atoms with Gasteiger partial charge in [0.1, 0.15) is 23.7 Å². The fourth-order valence-corrected chi connectivity index (χ4v) is 4.77. The Bertz CT molecular complexity index is 1650. The maximum absolute atomic E-state index is 14.6. The maximum Gasteiger partial charge on any atom is 0.424 e. The molecule has 9 nitrogen and oxygen atoms in total. The third kappa shape index (κ3) is 5.33. The van der Waals surface area contributed by atoms with Crippen LogP contribution in [0.25, 0.3) is 22.2 Å². The number of hydrogen-bond donors (Lipinski definition) is 5. The number of pyridine rings is 2. The number of carbonyl (C=O) groups excluding carboxylic acids is 1. The van der Waals surface area contributed by atoms with Gasteiger partial charge in [-0.2, -0.15) is 13.2 Å². The molecule has 0 fully saturated rings. The van der Waals surface area contributed by atoms with Crippen LogP contribution in [0.15, 0.2) is 60.8 Å². The van der Waals surface area contributed by atoms with Gasteiger partial charge in [-0.05, 0) is 55.5 Å². The van der Waals surface area contributed by atoms with E-state index >= 15 is 0 Å². The van der Waals surface area contributed by atoms with Crippen molar-refractivity contribution in [1.29, 1.82) is 0 Å². The molecular formula is C29H27F4N5O4. The molecule has 5 rings (SSSR count). The molecule has 1 aliphatic rings. The van der Waals surface area contributed by atoms with Crippen LogP contribution in [-0.2, 0) is 11.1 Å². The van der Waals surface area contributed by atoms with Gasteiger partial charge in [-0.25, -0.2) is 9.37 Å². The average Bonchev–Trinajstić information content (AvgIpc) is 3.27. The number of aliphatic hydroxyl groups is 2. The van der Waals surface area contributed by atoms with Crippen LogP contribution in [0.4, 0.5) is 23.2 Å². The van der Waals surface area contributed by atoms with E-state index in [1.54, 1.807) is 19.1 Å². The summed E-state index contributed by atoms with van der Waals surface area (Å²) in [6.45, 7) is 0.106. The summed E-state index contributed by atoms with van der Waals surface area (Å²) in [6.07, 6.45) is -3.77. The zero-order valence-corrected chi connectivity index (χ0v) is 22.3. The van der Waals surface area contributed by atoms with E-state index in [2.05, 4.69) is 20.6 Å². The largest absolute Gasteiger partial charge is 0.489 e. The number of benzene rings is 2. The maximum atomic E-state index is 14.6. The van der Waals surface area contributed by atoms with Crippen molar-refractivity contribution in [2.75, 3.05) is 31.6 Å². The zero-order valence-electron chi connectivity index (χ0n) is 22.3. The highest BCUT2D eigenvalue weighted by atomic mass is 19.4. The molecule has 0 saturated heterocycles. The molecule has 220 valence electrons. The Morgan fingerprint density at radius 1 is 1.19 bits per heavy atom. The van der Waals surface area contributed by atoms with Gasteiger partial charge in [0.25, 0.3) is 5.91 Å². The van der Waals surface area contributed by atoms with Crippen LogP contribution < -0.4 is 21.1 Å². The third-order valence-corrected chi connectivity index (χ3v) is 7.06. The molecular weight excluding hydrogens is 558 g/mol. The lowest BCUT2D eigenvalue weighted by Crippen LogP contribution is -2.51. The van der Waals surface area contributed by atoms with Crippen molar-refractivity contribution in [3.05, 3.63) is 83.4 Å². The van der Waals surface area contributed by atoms with Crippen LogP contribution >= 0.6 is 0 Å². The Labute approximate surface area is 237 Å². The van der Waals surface area contributed by atoms with Crippen molar-refractivity contribution in [1.82, 2.24) is 15.3 Å². The highest BCUT2D eigenvalue weighted by molar-refractivity contribution is 6.00. The number of carbonyl (C=O) groups is 1. The third-order valence-electron chi connectivity index (χ3n) is 7.06. The van der Waals surface area contributed by atoms with Crippen molar-refractivity contribution >= 4 is 22.5 Å². The van der Waals surface area contributed by atoms with Gasteiger partial charge in [0, 0.05) is 34.8 Å². The zero-order chi connectivity index (χ0) is 30.3. The molecule has 3 heterocycles. The van der Waals surface area contributed by atoms with E-state index in [4.69, 9.17) is 15.6 Å². The molecule has 0 saturated carbocycles. The summed E-state index contributed by atoms with van der Waals surface area (Å²) in [5.74, 6) is -1.33. The molecule has 2 aromatic carbocycles. The van der Waals surface area contributed by atoms with Gasteiger partial charge in [-0.15, -0.1) is 0 Å². The molecule has 0 aliphatic carbocycles. The Hall–Kier alpha value is -4.33. The van der Waals surface area contributed by atoms with Gasteiger partial charge in [0.05, 0.1) is 35.8 Å². The first kappa shape index (κ1) is 29.2. The molecule has 0 radical (unpaired) electrons. The number of alkyl halides is 3. The Morgan fingerprint density at radius 3 is 2.62 bits per heavy atom. The number of fused-ring (bicyclic) bond motifs is 2. The van der Waals surface area contributed by atoms with Crippen molar-refractivity contribution in [2.45, 2.75) is 24.2 Å². The van der Waals surface area contributed by atoms with Gasteiger partial charge >= 0.3 is 6.18 Å². The number of nitrogens with one attached hydrogen (secondary N) is 2. The van der Waals surface area contributed by atoms with Crippen molar-refractivity contribution in [3.63, 3.8) is 0 Å². The highest BCUT2D eigenvalue weighted by Gasteiger charge is 2.57. The minimum Gasteiger partial charge on any atom is -0.489 e. The number of anilines is 1. The van der Waals surface area contributed by atoms with Crippen LogP contribution in [-0.4, -0.2) is 58.6 Å². The molecule has 1 amide bonds. The van der Waals surface area contributed by atoms with Gasteiger partial charge in [-0.3, -0.25) is 9.78 Å². The van der Waals surface area contributed by atoms with Crippen LogP contribution in [0.1, 0.15) is 28.5 Å². The number of amides is 1. The number of hydrogen-bond acceptors (Lipinski definition) is 8. The van der Waals surface area contributed by atoms with Crippen LogP contribution in [0.2, 0.25) is 0 Å². The summed E-state index contributed by atoms with van der Waals surface area (Å²) >= 11 is 0. The molecule has 13 heteroatoms. The normalized spacial score (nSPS) is 17.8. The smallest absolute Gasteiger partial charge is 0.424 e. The number of nitrogens with zero attached hydrogens (tertiary/aromatic N) is 2. The predicted molar refractivity (Wildman–Crippen MR) is 146 cm³/mol. The highest BCUT2D eigenvalue weighted by Crippen LogP contribution is 2.45. The summed E-state index contributed by atoms with van der Waals surface area (Å²) < 4.78 is 62.9. The second kappa shape index (κ2) is 10.8. The lowest BCUT2D eigenvalue weighted by molar-refractivity contribution is -0.265. The number of nitrogens with two attached hydrogens (primary N) is 1. The van der Waals surface area contributed by atoms with Gasteiger partial charge in [0.15, 0.2) is 0 Å². The number of halogens is 4. The summed E-state index contributed by atoms with van der Waals surface area (Å²) in [6, 6.07) is 12.0. The molecule has 4 aromatic rings. The number of aliphatic hydroxyl groups excluding tert-OH is 1. The van der Waals surface area contributed by atoms with E-state index in [0.717, 1.165) is 18.2 Å². The average molecular weight is 586 g/mol. The van der Waals surface area contributed by atoms with E-state index in [1.165, 1.54) is 30.5 Å². The monoisotopic (exact) mass is 585 g/mol. The van der Waals surface area contributed by atoms with Crippen molar-refractivity contribution < 1.29 is 37.3 Å². The van der Waals surface area contributed by atoms with Gasteiger partial charge in [-0.1, -0.05) is 6.07 Å². The minimum absolute atomic E-state index is 0.0402. The van der Waals surface area contributed by atoms with Gasteiger partial charge in [0.2, 0.25) is 5.60 Å². The first-order chi connectivity index (χ1) is 19.8. The molecule has 0 unspecified atom stereocenters. The van der Waals surface area contributed by atoms with E-state index in [9.17, 15) is 27.5 Å². The summed E-state index contributed by atoms with van der Waals surface area (Å²) in [5, 5.41) is 26.0. The van der Waals surface area contributed by atoms with Crippen LogP contribution in [0.5, 0.6) is 5.75 Å². The predicted octanol–water partition coefficient (Wildman–Crippen LogP) is 3.59. The van der Waals surface area contributed by atoms with E-state index in [-0.39, 0.29) is 42.3 Å². The lowest BCUT2D eigenvalue weighted by Gasteiger charge is -2.31. The SMILES string of the molecule is C[C@@]1(N)CNc2c1cc([C@](O)(CNC(=O)c1cc(OCCO)c3ncccc3c1)C(F)(F)F)nc2-c1ccc(F)cc1. The van der Waals surface area contributed by atoms with Crippen molar-refractivity contribution in [3.8, 4) is 17.0 Å². The fourth-order valence-electron chi connectivity index (χ4n) is 4.77. The number of rotatable bonds is 8. The Kier molecular flexibility index (Phi) is 7.51. The van der Waals surface area contributed by atoms with Crippen molar-refractivity contribution in [2.24, 2.45) is 5.73 Å². The second-order valence-electron chi connectivity index (χ2n) is 10.2. The topological polar surface area (TPSA) is 143 Å². The Morgan fingerprint density at radius 2 is 1.93 bits per heavy atom. The lowest BCUT2D eigenvalue weighted by atomic mass is 9.89. The summed E-state index contributed by atoms with van der Waals surface area (Å²) in [4.78, 5) is 21.5. The Balaban J connectivity index is 1.54. The quantitative estimate of drug-likeness (QED) is 0.198. The molecule has 6 N–H and O–H groups in total. The van der Waals surface area contributed by atoms with Gasteiger partial charge < -0.3 is 31.3 Å². The van der Waals surface area contributed by atoms with E-state index in [1.807, 2.05) is 0 Å².